The lowest BCUT2D eigenvalue weighted by molar-refractivity contribution is 0.129. The Balaban J connectivity index is 3.07. The van der Waals surface area contributed by atoms with Gasteiger partial charge in [0.05, 0.1) is 12.1 Å². The van der Waals surface area contributed by atoms with Crippen molar-refractivity contribution in [1.29, 1.82) is 0 Å². The molecule has 1 aromatic carbocycles. The van der Waals surface area contributed by atoms with Gasteiger partial charge >= 0.3 is 0 Å². The number of hydrogen-bond donors (Lipinski definition) is 1. The van der Waals surface area contributed by atoms with E-state index < -0.39 is 5.54 Å². The van der Waals surface area contributed by atoms with Crippen molar-refractivity contribution in [3.63, 3.8) is 0 Å². The monoisotopic (exact) mass is 211 g/mol. The summed E-state index contributed by atoms with van der Waals surface area (Å²) in [5, 5.41) is 0. The first-order valence-corrected chi connectivity index (χ1v) is 5.08. The molecule has 0 aliphatic rings. The van der Waals surface area contributed by atoms with Crippen LogP contribution in [-0.4, -0.2) is 13.7 Å². The van der Waals surface area contributed by atoms with E-state index in [1.807, 2.05) is 6.92 Å². The van der Waals surface area contributed by atoms with Crippen LogP contribution in [0, 0.1) is 12.7 Å². The first-order chi connectivity index (χ1) is 7.03. The summed E-state index contributed by atoms with van der Waals surface area (Å²) in [7, 11) is 1.62. The SMILES string of the molecule is CCC(N)(COC)c1ccc(F)c(C)c1. The number of aryl methyl sites for hydroxylation is 1. The van der Waals surface area contributed by atoms with Gasteiger partial charge in [-0.1, -0.05) is 19.1 Å². The van der Waals surface area contributed by atoms with E-state index in [-0.39, 0.29) is 5.82 Å². The van der Waals surface area contributed by atoms with E-state index in [2.05, 4.69) is 0 Å². The zero-order valence-electron chi connectivity index (χ0n) is 9.51. The van der Waals surface area contributed by atoms with E-state index in [1.54, 1.807) is 26.2 Å². The summed E-state index contributed by atoms with van der Waals surface area (Å²) in [6, 6.07) is 4.97. The smallest absolute Gasteiger partial charge is 0.126 e. The Kier molecular flexibility index (Phi) is 3.83. The number of methoxy groups -OCH3 is 1. The Bertz CT molecular complexity index is 340. The molecule has 0 amide bonds. The second-order valence-corrected chi connectivity index (χ2v) is 3.91. The highest BCUT2D eigenvalue weighted by molar-refractivity contribution is 5.29. The predicted molar refractivity (Wildman–Crippen MR) is 59.2 cm³/mol. The summed E-state index contributed by atoms with van der Waals surface area (Å²) in [5.41, 5.74) is 7.22. The lowest BCUT2D eigenvalue weighted by atomic mass is 9.88. The maximum atomic E-state index is 13.1. The quantitative estimate of drug-likeness (QED) is 0.829. The van der Waals surface area contributed by atoms with Crippen LogP contribution in [0.1, 0.15) is 24.5 Å². The van der Waals surface area contributed by atoms with Gasteiger partial charge in [-0.3, -0.25) is 0 Å². The predicted octanol–water partition coefficient (Wildman–Crippen LogP) is 2.34. The molecule has 0 heterocycles. The van der Waals surface area contributed by atoms with Gasteiger partial charge in [-0.05, 0) is 30.5 Å². The van der Waals surface area contributed by atoms with Gasteiger partial charge in [0, 0.05) is 7.11 Å². The molecule has 0 spiro atoms. The van der Waals surface area contributed by atoms with E-state index >= 15 is 0 Å². The largest absolute Gasteiger partial charge is 0.382 e. The van der Waals surface area contributed by atoms with Crippen LogP contribution >= 0.6 is 0 Å². The minimum atomic E-state index is -0.521. The van der Waals surface area contributed by atoms with Crippen molar-refractivity contribution in [2.24, 2.45) is 5.73 Å². The van der Waals surface area contributed by atoms with Gasteiger partial charge in [-0.25, -0.2) is 4.39 Å². The van der Waals surface area contributed by atoms with Crippen molar-refractivity contribution in [2.45, 2.75) is 25.8 Å². The van der Waals surface area contributed by atoms with Gasteiger partial charge in [0.2, 0.25) is 0 Å². The third-order valence-corrected chi connectivity index (χ3v) is 2.77. The lowest BCUT2D eigenvalue weighted by Crippen LogP contribution is -2.40. The van der Waals surface area contributed by atoms with Crippen molar-refractivity contribution in [3.8, 4) is 0 Å². The van der Waals surface area contributed by atoms with Crippen LogP contribution in [0.25, 0.3) is 0 Å². The van der Waals surface area contributed by atoms with Gasteiger partial charge < -0.3 is 10.5 Å². The average molecular weight is 211 g/mol. The second kappa shape index (κ2) is 4.73. The molecule has 0 aliphatic carbocycles. The van der Waals surface area contributed by atoms with Crippen LogP contribution in [0.5, 0.6) is 0 Å². The topological polar surface area (TPSA) is 35.2 Å². The van der Waals surface area contributed by atoms with Gasteiger partial charge in [-0.15, -0.1) is 0 Å². The van der Waals surface area contributed by atoms with Crippen LogP contribution in [0.4, 0.5) is 4.39 Å². The average Bonchev–Trinajstić information content (AvgIpc) is 2.22. The molecule has 2 N–H and O–H groups in total. The number of hydrogen-bond acceptors (Lipinski definition) is 2. The van der Waals surface area contributed by atoms with Crippen LogP contribution in [0.3, 0.4) is 0 Å². The van der Waals surface area contributed by atoms with Crippen molar-refractivity contribution in [1.82, 2.24) is 0 Å². The molecule has 0 saturated carbocycles. The van der Waals surface area contributed by atoms with Gasteiger partial charge in [0.1, 0.15) is 5.82 Å². The molecule has 1 unspecified atom stereocenters. The van der Waals surface area contributed by atoms with E-state index in [4.69, 9.17) is 10.5 Å². The highest BCUT2D eigenvalue weighted by Crippen LogP contribution is 2.24. The Labute approximate surface area is 90.2 Å². The van der Waals surface area contributed by atoms with E-state index in [0.29, 0.717) is 12.2 Å². The maximum absolute atomic E-state index is 13.1. The Morgan fingerprint density at radius 2 is 2.13 bits per heavy atom. The normalized spacial score (nSPS) is 15.0. The standard InChI is InChI=1S/C12H18FNO/c1-4-12(14,8-15-3)10-5-6-11(13)9(2)7-10/h5-7H,4,8,14H2,1-3H3. The van der Waals surface area contributed by atoms with Crippen molar-refractivity contribution < 1.29 is 9.13 Å². The fraction of sp³-hybridized carbons (Fsp3) is 0.500. The molecule has 0 bridgehead atoms. The fourth-order valence-electron chi connectivity index (χ4n) is 1.60. The second-order valence-electron chi connectivity index (χ2n) is 3.91. The molecule has 15 heavy (non-hydrogen) atoms. The van der Waals surface area contributed by atoms with Crippen molar-refractivity contribution in [3.05, 3.63) is 35.1 Å². The van der Waals surface area contributed by atoms with Crippen molar-refractivity contribution in [2.75, 3.05) is 13.7 Å². The molecule has 1 atom stereocenters. The summed E-state index contributed by atoms with van der Waals surface area (Å²) in [6.07, 6.45) is 0.756. The van der Waals surface area contributed by atoms with E-state index in [9.17, 15) is 4.39 Å². The Morgan fingerprint density at radius 1 is 1.47 bits per heavy atom. The number of rotatable bonds is 4. The first-order valence-electron chi connectivity index (χ1n) is 5.08. The first kappa shape index (κ1) is 12.1. The molecule has 0 saturated heterocycles. The zero-order chi connectivity index (χ0) is 11.5. The maximum Gasteiger partial charge on any atom is 0.126 e. The number of ether oxygens (including phenoxy) is 1. The van der Waals surface area contributed by atoms with Crippen molar-refractivity contribution >= 4 is 0 Å². The number of benzene rings is 1. The molecule has 1 rings (SSSR count). The molecule has 0 fully saturated rings. The molecule has 2 nitrogen and oxygen atoms in total. The minimum absolute atomic E-state index is 0.199. The van der Waals surface area contributed by atoms with Gasteiger partial charge in [0.25, 0.3) is 0 Å². The third kappa shape index (κ3) is 2.55. The molecular formula is C12H18FNO. The molecule has 0 aromatic heterocycles. The Hall–Kier alpha value is -0.930. The summed E-state index contributed by atoms with van der Waals surface area (Å²) in [4.78, 5) is 0. The Morgan fingerprint density at radius 3 is 2.60 bits per heavy atom. The molecule has 84 valence electrons. The van der Waals surface area contributed by atoms with Crippen LogP contribution in [-0.2, 0) is 10.3 Å². The highest BCUT2D eigenvalue weighted by atomic mass is 19.1. The molecule has 0 radical (unpaired) electrons. The van der Waals surface area contributed by atoms with E-state index in [1.165, 1.54) is 6.07 Å². The van der Waals surface area contributed by atoms with E-state index in [0.717, 1.165) is 12.0 Å². The lowest BCUT2D eigenvalue weighted by Gasteiger charge is -2.28. The van der Waals surface area contributed by atoms with Gasteiger partial charge in [-0.2, -0.15) is 0 Å². The molecule has 3 heteroatoms. The van der Waals surface area contributed by atoms with Gasteiger partial charge in [0.15, 0.2) is 0 Å². The zero-order valence-corrected chi connectivity index (χ0v) is 9.51. The fourth-order valence-corrected chi connectivity index (χ4v) is 1.60. The summed E-state index contributed by atoms with van der Waals surface area (Å²) in [6.45, 7) is 4.17. The molecule has 0 aliphatic heterocycles. The highest BCUT2D eigenvalue weighted by Gasteiger charge is 2.25. The number of nitrogens with two attached hydrogens (primary N) is 1. The summed E-state index contributed by atoms with van der Waals surface area (Å²) < 4.78 is 18.2. The van der Waals surface area contributed by atoms with Crippen LogP contribution in [0.2, 0.25) is 0 Å². The molecule has 1 aromatic rings. The number of halogens is 1. The molecular weight excluding hydrogens is 193 g/mol. The van der Waals surface area contributed by atoms with Crippen LogP contribution < -0.4 is 5.73 Å². The summed E-state index contributed by atoms with van der Waals surface area (Å²) in [5.74, 6) is -0.199. The third-order valence-electron chi connectivity index (χ3n) is 2.77. The van der Waals surface area contributed by atoms with Crippen LogP contribution in [0.15, 0.2) is 18.2 Å². The minimum Gasteiger partial charge on any atom is -0.382 e. The summed E-state index contributed by atoms with van der Waals surface area (Å²) >= 11 is 0.